The zero-order valence-corrected chi connectivity index (χ0v) is 12.3. The third-order valence-electron chi connectivity index (χ3n) is 3.42. The summed E-state index contributed by atoms with van der Waals surface area (Å²) in [6, 6.07) is 3.31. The average Bonchev–Trinajstić information content (AvgIpc) is 2.80. The van der Waals surface area contributed by atoms with E-state index in [2.05, 4.69) is 10.1 Å². The van der Waals surface area contributed by atoms with E-state index in [1.165, 1.54) is 12.1 Å². The Morgan fingerprint density at radius 1 is 1.24 bits per heavy atom. The Morgan fingerprint density at radius 3 is 2.52 bits per heavy atom. The summed E-state index contributed by atoms with van der Waals surface area (Å²) < 4.78 is 31.7. The summed E-state index contributed by atoms with van der Waals surface area (Å²) in [5.41, 5.74) is 6.27. The maximum Gasteiger partial charge on any atom is 0.231 e. The van der Waals surface area contributed by atoms with Crippen LogP contribution >= 0.6 is 0 Å². The summed E-state index contributed by atoms with van der Waals surface area (Å²) in [7, 11) is 0. The van der Waals surface area contributed by atoms with Gasteiger partial charge in [0.2, 0.25) is 5.89 Å². The standard InChI is InChI=1S/C15H19F2N3O/c1-8(2)14(9(3)18)15-19-13(20-21-15)6-10-4-5-11(16)7-12(10)17/h4-5,7-9,14H,6,18H2,1-3H3. The van der Waals surface area contributed by atoms with Gasteiger partial charge in [-0.25, -0.2) is 8.78 Å². The molecule has 1 aromatic heterocycles. The minimum absolute atomic E-state index is 0.0516. The molecule has 0 fully saturated rings. The Kier molecular flexibility index (Phi) is 4.67. The maximum atomic E-state index is 13.6. The van der Waals surface area contributed by atoms with Crippen molar-refractivity contribution in [1.29, 1.82) is 0 Å². The third-order valence-corrected chi connectivity index (χ3v) is 3.42. The lowest BCUT2D eigenvalue weighted by Gasteiger charge is -2.20. The molecular formula is C15H19F2N3O. The van der Waals surface area contributed by atoms with Crippen LogP contribution in [0.25, 0.3) is 0 Å². The first-order valence-corrected chi connectivity index (χ1v) is 6.90. The normalized spacial score (nSPS) is 14.4. The summed E-state index contributed by atoms with van der Waals surface area (Å²) in [5.74, 6) is -0.208. The second kappa shape index (κ2) is 6.30. The summed E-state index contributed by atoms with van der Waals surface area (Å²) in [4.78, 5) is 4.29. The lowest BCUT2D eigenvalue weighted by molar-refractivity contribution is 0.298. The Labute approximate surface area is 122 Å². The molecule has 0 radical (unpaired) electrons. The van der Waals surface area contributed by atoms with Crippen molar-refractivity contribution in [3.63, 3.8) is 0 Å². The van der Waals surface area contributed by atoms with E-state index in [0.717, 1.165) is 6.07 Å². The Bertz CT molecular complexity index is 603. The highest BCUT2D eigenvalue weighted by Gasteiger charge is 2.26. The molecule has 4 nitrogen and oxygen atoms in total. The van der Waals surface area contributed by atoms with Gasteiger partial charge in [-0.2, -0.15) is 4.98 Å². The van der Waals surface area contributed by atoms with Crippen molar-refractivity contribution in [2.45, 2.75) is 39.2 Å². The van der Waals surface area contributed by atoms with Crippen LogP contribution in [0.4, 0.5) is 8.78 Å². The Hall–Kier alpha value is -1.82. The molecule has 2 N–H and O–H groups in total. The number of hydrogen-bond acceptors (Lipinski definition) is 4. The fourth-order valence-corrected chi connectivity index (χ4v) is 2.43. The lowest BCUT2D eigenvalue weighted by atomic mass is 9.90. The minimum Gasteiger partial charge on any atom is -0.339 e. The van der Waals surface area contributed by atoms with Gasteiger partial charge in [-0.3, -0.25) is 0 Å². The van der Waals surface area contributed by atoms with E-state index in [1.54, 1.807) is 0 Å². The van der Waals surface area contributed by atoms with Gasteiger partial charge in [0.05, 0.1) is 5.92 Å². The van der Waals surface area contributed by atoms with Crippen LogP contribution in [-0.2, 0) is 6.42 Å². The van der Waals surface area contributed by atoms with Crippen LogP contribution in [0.1, 0.15) is 44.0 Å². The van der Waals surface area contributed by atoms with Crippen LogP contribution in [0.2, 0.25) is 0 Å². The first kappa shape index (κ1) is 15.6. The summed E-state index contributed by atoms with van der Waals surface area (Å²) >= 11 is 0. The van der Waals surface area contributed by atoms with Gasteiger partial charge in [-0.05, 0) is 24.5 Å². The monoisotopic (exact) mass is 295 g/mol. The molecule has 0 spiro atoms. The molecule has 6 heteroatoms. The van der Waals surface area contributed by atoms with E-state index < -0.39 is 11.6 Å². The van der Waals surface area contributed by atoms with Crippen LogP contribution in [0.15, 0.2) is 22.7 Å². The second-order valence-electron chi connectivity index (χ2n) is 5.59. The van der Waals surface area contributed by atoms with Gasteiger partial charge in [0, 0.05) is 18.5 Å². The van der Waals surface area contributed by atoms with Gasteiger partial charge in [0.25, 0.3) is 0 Å². The molecule has 0 amide bonds. The van der Waals surface area contributed by atoms with E-state index >= 15 is 0 Å². The summed E-state index contributed by atoms with van der Waals surface area (Å²) in [5, 5.41) is 3.86. The highest BCUT2D eigenvalue weighted by atomic mass is 19.1. The molecule has 1 aromatic carbocycles. The van der Waals surface area contributed by atoms with Gasteiger partial charge in [-0.1, -0.05) is 25.1 Å². The van der Waals surface area contributed by atoms with Crippen molar-refractivity contribution in [3.05, 3.63) is 47.1 Å². The second-order valence-corrected chi connectivity index (χ2v) is 5.59. The van der Waals surface area contributed by atoms with E-state index in [9.17, 15) is 8.78 Å². The predicted octanol–water partition coefficient (Wildman–Crippen LogP) is 3.03. The lowest BCUT2D eigenvalue weighted by Crippen LogP contribution is -2.28. The number of hydrogen-bond donors (Lipinski definition) is 1. The number of nitrogens with zero attached hydrogens (tertiary/aromatic N) is 2. The fourth-order valence-electron chi connectivity index (χ4n) is 2.43. The number of nitrogens with two attached hydrogens (primary N) is 1. The van der Waals surface area contributed by atoms with E-state index in [0.29, 0.717) is 17.3 Å². The number of aromatic nitrogens is 2. The topological polar surface area (TPSA) is 64.9 Å². The number of benzene rings is 1. The average molecular weight is 295 g/mol. The zero-order chi connectivity index (χ0) is 15.6. The van der Waals surface area contributed by atoms with Crippen molar-refractivity contribution < 1.29 is 13.3 Å². The predicted molar refractivity (Wildman–Crippen MR) is 74.7 cm³/mol. The van der Waals surface area contributed by atoms with Gasteiger partial charge < -0.3 is 10.3 Å². The Morgan fingerprint density at radius 2 is 1.95 bits per heavy atom. The highest BCUT2D eigenvalue weighted by molar-refractivity contribution is 5.21. The number of rotatable bonds is 5. The van der Waals surface area contributed by atoms with Gasteiger partial charge in [0.1, 0.15) is 11.6 Å². The van der Waals surface area contributed by atoms with Crippen molar-refractivity contribution in [2.75, 3.05) is 0 Å². The molecule has 2 rings (SSSR count). The fraction of sp³-hybridized carbons (Fsp3) is 0.467. The molecule has 0 saturated heterocycles. The van der Waals surface area contributed by atoms with Crippen LogP contribution in [0.3, 0.4) is 0 Å². The maximum absolute atomic E-state index is 13.6. The quantitative estimate of drug-likeness (QED) is 0.921. The summed E-state index contributed by atoms with van der Waals surface area (Å²) in [6.45, 7) is 5.93. The largest absolute Gasteiger partial charge is 0.339 e. The molecule has 0 aliphatic heterocycles. The minimum atomic E-state index is -0.617. The molecule has 0 bridgehead atoms. The van der Waals surface area contributed by atoms with Crippen LogP contribution in [0.5, 0.6) is 0 Å². The van der Waals surface area contributed by atoms with Gasteiger partial charge in [-0.15, -0.1) is 0 Å². The molecule has 2 atom stereocenters. The third kappa shape index (κ3) is 3.64. The molecule has 0 saturated carbocycles. The van der Waals surface area contributed by atoms with Gasteiger partial charge in [0.15, 0.2) is 5.82 Å². The van der Waals surface area contributed by atoms with E-state index in [1.807, 2.05) is 20.8 Å². The zero-order valence-electron chi connectivity index (χ0n) is 12.3. The molecule has 114 valence electrons. The molecule has 0 aliphatic rings. The van der Waals surface area contributed by atoms with E-state index in [4.69, 9.17) is 10.3 Å². The molecule has 21 heavy (non-hydrogen) atoms. The van der Waals surface area contributed by atoms with Crippen molar-refractivity contribution >= 4 is 0 Å². The van der Waals surface area contributed by atoms with Gasteiger partial charge >= 0.3 is 0 Å². The first-order valence-electron chi connectivity index (χ1n) is 6.90. The van der Waals surface area contributed by atoms with Crippen LogP contribution < -0.4 is 5.73 Å². The van der Waals surface area contributed by atoms with Crippen molar-refractivity contribution in [2.24, 2.45) is 11.7 Å². The molecular weight excluding hydrogens is 276 g/mol. The highest BCUT2D eigenvalue weighted by Crippen LogP contribution is 2.26. The smallest absolute Gasteiger partial charge is 0.231 e. The van der Waals surface area contributed by atoms with E-state index in [-0.39, 0.29) is 24.3 Å². The first-order chi connectivity index (χ1) is 9.88. The molecule has 2 unspecified atom stereocenters. The van der Waals surface area contributed by atoms with Crippen LogP contribution in [-0.4, -0.2) is 16.2 Å². The SMILES string of the molecule is CC(C)C(c1nc(Cc2ccc(F)cc2F)no1)C(C)N. The van der Waals surface area contributed by atoms with Crippen molar-refractivity contribution in [3.8, 4) is 0 Å². The number of halogens is 2. The molecule has 2 aromatic rings. The summed E-state index contributed by atoms with van der Waals surface area (Å²) in [6.07, 6.45) is 0.152. The molecule has 1 heterocycles. The van der Waals surface area contributed by atoms with Crippen LogP contribution in [0, 0.1) is 17.6 Å². The molecule has 0 aliphatic carbocycles. The Balaban J connectivity index is 2.20. The van der Waals surface area contributed by atoms with Crippen molar-refractivity contribution in [1.82, 2.24) is 10.1 Å².